The van der Waals surface area contributed by atoms with Crippen molar-refractivity contribution in [2.75, 3.05) is 31.3 Å². The minimum absolute atomic E-state index is 0.0117. The Bertz CT molecular complexity index is 1230. The number of nitrogens with zero attached hydrogens (tertiary/aromatic N) is 2. The predicted octanol–water partition coefficient (Wildman–Crippen LogP) is 3.48. The number of hydrogen-bond acceptors (Lipinski definition) is 6. The number of carbonyl (C=O) groups excluding carboxylic acids is 2. The van der Waals surface area contributed by atoms with Gasteiger partial charge in [0.25, 0.3) is 0 Å². The fraction of sp³-hybridized carbons (Fsp3) is 0.481. The number of amides is 2. The SMILES string of the molecule is COc1ccc(OC)c(N(CC(=O)N(Cc2ccccc2F)[C@@H](C)C(=O)NC2CCCCC2)S(C)(=O)=O)c1. The molecule has 1 atom stereocenters. The van der Waals surface area contributed by atoms with Crippen LogP contribution < -0.4 is 19.1 Å². The molecule has 2 amide bonds. The highest BCUT2D eigenvalue weighted by Gasteiger charge is 2.32. The topological polar surface area (TPSA) is 105 Å². The molecule has 2 aromatic rings. The van der Waals surface area contributed by atoms with Crippen LogP contribution in [0, 0.1) is 5.82 Å². The van der Waals surface area contributed by atoms with Crippen LogP contribution >= 0.6 is 0 Å². The third-order valence-corrected chi connectivity index (χ3v) is 7.88. The van der Waals surface area contributed by atoms with E-state index in [2.05, 4.69) is 5.32 Å². The number of nitrogens with one attached hydrogen (secondary N) is 1. The zero-order valence-electron chi connectivity index (χ0n) is 22.3. The highest BCUT2D eigenvalue weighted by molar-refractivity contribution is 7.92. The van der Waals surface area contributed by atoms with Gasteiger partial charge in [-0.15, -0.1) is 0 Å². The third kappa shape index (κ3) is 7.37. The van der Waals surface area contributed by atoms with E-state index in [1.807, 2.05) is 0 Å². The maximum Gasteiger partial charge on any atom is 0.244 e. The Kier molecular flexibility index (Phi) is 9.96. The van der Waals surface area contributed by atoms with Gasteiger partial charge < -0.3 is 19.7 Å². The Morgan fingerprint density at radius 3 is 2.37 bits per heavy atom. The summed E-state index contributed by atoms with van der Waals surface area (Å²) in [7, 11) is -1.16. The van der Waals surface area contributed by atoms with Gasteiger partial charge in [0, 0.05) is 24.2 Å². The summed E-state index contributed by atoms with van der Waals surface area (Å²) in [5.74, 6) is -0.987. The molecule has 208 valence electrons. The van der Waals surface area contributed by atoms with E-state index in [9.17, 15) is 22.4 Å². The van der Waals surface area contributed by atoms with Gasteiger partial charge in [-0.1, -0.05) is 37.5 Å². The molecule has 0 heterocycles. The Balaban J connectivity index is 1.94. The maximum atomic E-state index is 14.6. The molecule has 0 bridgehead atoms. The summed E-state index contributed by atoms with van der Waals surface area (Å²) < 4.78 is 51.8. The molecule has 1 N–H and O–H groups in total. The minimum Gasteiger partial charge on any atom is -0.497 e. The van der Waals surface area contributed by atoms with Crippen molar-refractivity contribution in [3.8, 4) is 11.5 Å². The van der Waals surface area contributed by atoms with Crippen molar-refractivity contribution in [3.05, 3.63) is 53.8 Å². The molecule has 9 nitrogen and oxygen atoms in total. The number of hydrogen-bond donors (Lipinski definition) is 1. The van der Waals surface area contributed by atoms with Crippen LogP contribution in [-0.4, -0.2) is 64.2 Å². The molecule has 11 heteroatoms. The normalized spacial score (nSPS) is 14.9. The fourth-order valence-electron chi connectivity index (χ4n) is 4.55. The van der Waals surface area contributed by atoms with Crippen LogP contribution in [0.4, 0.5) is 10.1 Å². The van der Waals surface area contributed by atoms with E-state index in [4.69, 9.17) is 9.47 Å². The number of ether oxygens (including phenoxy) is 2. The average Bonchev–Trinajstić information content (AvgIpc) is 2.90. The molecular weight excluding hydrogens is 513 g/mol. The van der Waals surface area contributed by atoms with E-state index in [1.165, 1.54) is 49.5 Å². The van der Waals surface area contributed by atoms with Gasteiger partial charge in [0.15, 0.2) is 0 Å². The molecule has 3 rings (SSSR count). The van der Waals surface area contributed by atoms with Crippen molar-refractivity contribution in [2.24, 2.45) is 0 Å². The first-order chi connectivity index (χ1) is 18.0. The molecule has 0 spiro atoms. The fourth-order valence-corrected chi connectivity index (χ4v) is 5.39. The average molecular weight is 550 g/mol. The van der Waals surface area contributed by atoms with Crippen molar-refractivity contribution >= 4 is 27.5 Å². The monoisotopic (exact) mass is 549 g/mol. The summed E-state index contributed by atoms with van der Waals surface area (Å²) in [6.45, 7) is 0.725. The summed E-state index contributed by atoms with van der Waals surface area (Å²) >= 11 is 0. The number of sulfonamides is 1. The van der Waals surface area contributed by atoms with Crippen molar-refractivity contribution in [3.63, 3.8) is 0 Å². The van der Waals surface area contributed by atoms with Gasteiger partial charge in [0.05, 0.1) is 26.2 Å². The lowest BCUT2D eigenvalue weighted by molar-refractivity contribution is -0.139. The summed E-state index contributed by atoms with van der Waals surface area (Å²) in [5.41, 5.74) is 0.316. The number of anilines is 1. The first-order valence-electron chi connectivity index (χ1n) is 12.6. The van der Waals surface area contributed by atoms with Crippen LogP contribution in [0.1, 0.15) is 44.6 Å². The molecule has 2 aromatic carbocycles. The van der Waals surface area contributed by atoms with Gasteiger partial charge in [-0.2, -0.15) is 0 Å². The maximum absolute atomic E-state index is 14.6. The number of methoxy groups -OCH3 is 2. The smallest absolute Gasteiger partial charge is 0.244 e. The summed E-state index contributed by atoms with van der Waals surface area (Å²) in [5, 5.41) is 3.01. The first-order valence-corrected chi connectivity index (χ1v) is 14.4. The van der Waals surface area contributed by atoms with Crippen LogP contribution in [-0.2, 0) is 26.2 Å². The number of halogens is 1. The molecule has 1 saturated carbocycles. The van der Waals surface area contributed by atoms with Gasteiger partial charge in [0.1, 0.15) is 29.9 Å². The van der Waals surface area contributed by atoms with E-state index in [0.29, 0.717) is 5.75 Å². The predicted molar refractivity (Wildman–Crippen MR) is 143 cm³/mol. The lowest BCUT2D eigenvalue weighted by atomic mass is 9.95. The van der Waals surface area contributed by atoms with Crippen molar-refractivity contribution in [1.82, 2.24) is 10.2 Å². The zero-order valence-corrected chi connectivity index (χ0v) is 23.1. The molecule has 1 aliphatic carbocycles. The lowest BCUT2D eigenvalue weighted by Crippen LogP contribution is -2.53. The van der Waals surface area contributed by atoms with Gasteiger partial charge in [-0.3, -0.25) is 13.9 Å². The molecule has 1 fully saturated rings. The van der Waals surface area contributed by atoms with Crippen molar-refractivity contribution < 1.29 is 31.9 Å². The second-order valence-corrected chi connectivity index (χ2v) is 11.3. The van der Waals surface area contributed by atoms with E-state index in [0.717, 1.165) is 42.7 Å². The van der Waals surface area contributed by atoms with E-state index < -0.39 is 34.3 Å². The molecule has 1 aliphatic rings. The van der Waals surface area contributed by atoms with E-state index in [-0.39, 0.29) is 35.5 Å². The largest absolute Gasteiger partial charge is 0.497 e. The molecule has 0 saturated heterocycles. The highest BCUT2D eigenvalue weighted by Crippen LogP contribution is 2.34. The van der Waals surface area contributed by atoms with Gasteiger partial charge in [-0.25, -0.2) is 12.8 Å². The highest BCUT2D eigenvalue weighted by atomic mass is 32.2. The van der Waals surface area contributed by atoms with E-state index in [1.54, 1.807) is 19.1 Å². The summed E-state index contributed by atoms with van der Waals surface area (Å²) in [4.78, 5) is 28.1. The standard InChI is InChI=1S/C27H36FN3O6S/c1-19(27(33)29-21-11-6-5-7-12-21)30(17-20-10-8-9-13-23(20)28)26(32)18-31(38(4,34)35)24-16-22(36-2)14-15-25(24)37-3/h8-10,13-16,19,21H,5-7,11-12,17-18H2,1-4H3,(H,29,33)/t19-/m0/s1. The zero-order chi connectivity index (χ0) is 27.9. The molecule has 38 heavy (non-hydrogen) atoms. The van der Waals surface area contributed by atoms with Crippen LogP contribution in [0.15, 0.2) is 42.5 Å². The van der Waals surface area contributed by atoms with Crippen LogP contribution in [0.2, 0.25) is 0 Å². The van der Waals surface area contributed by atoms with Crippen molar-refractivity contribution in [1.29, 1.82) is 0 Å². The van der Waals surface area contributed by atoms with Crippen LogP contribution in [0.25, 0.3) is 0 Å². The molecule has 0 unspecified atom stereocenters. The molecule has 0 radical (unpaired) electrons. The number of benzene rings is 2. The summed E-state index contributed by atoms with van der Waals surface area (Å²) in [6.07, 6.45) is 5.84. The number of rotatable bonds is 11. The van der Waals surface area contributed by atoms with Gasteiger partial charge in [-0.05, 0) is 38.0 Å². The Morgan fingerprint density at radius 2 is 1.76 bits per heavy atom. The van der Waals surface area contributed by atoms with Crippen LogP contribution in [0.5, 0.6) is 11.5 Å². The number of carbonyl (C=O) groups is 2. The summed E-state index contributed by atoms with van der Waals surface area (Å²) in [6, 6.07) is 9.60. The Hall–Kier alpha value is -3.34. The Morgan fingerprint density at radius 1 is 1.08 bits per heavy atom. The minimum atomic E-state index is -3.98. The lowest BCUT2D eigenvalue weighted by Gasteiger charge is -2.33. The van der Waals surface area contributed by atoms with Crippen LogP contribution in [0.3, 0.4) is 0 Å². The molecule has 0 aromatic heterocycles. The second-order valence-electron chi connectivity index (χ2n) is 9.44. The molecular formula is C27H36FN3O6S. The molecule has 0 aliphatic heterocycles. The quantitative estimate of drug-likeness (QED) is 0.460. The van der Waals surface area contributed by atoms with Crippen molar-refractivity contribution in [2.45, 2.75) is 57.7 Å². The first kappa shape index (κ1) is 29.2. The van der Waals surface area contributed by atoms with Gasteiger partial charge >= 0.3 is 0 Å². The Labute approximate surface area is 224 Å². The van der Waals surface area contributed by atoms with Gasteiger partial charge in [0.2, 0.25) is 21.8 Å². The van der Waals surface area contributed by atoms with E-state index >= 15 is 0 Å². The second kappa shape index (κ2) is 12.9. The third-order valence-electron chi connectivity index (χ3n) is 6.75.